The number of H-pyrrole nitrogens is 1. The molecule has 2 aliphatic rings. The first-order chi connectivity index (χ1) is 14.8. The Morgan fingerprint density at radius 1 is 1.03 bits per heavy atom. The Labute approximate surface area is 191 Å². The second kappa shape index (κ2) is 8.93. The maximum absolute atomic E-state index is 12.6. The van der Waals surface area contributed by atoms with Crippen LogP contribution in [-0.4, -0.2) is 57.2 Å². The van der Waals surface area contributed by atoms with E-state index >= 15 is 0 Å². The van der Waals surface area contributed by atoms with E-state index in [1.54, 1.807) is 0 Å². The average Bonchev–Trinajstić information content (AvgIpc) is 2.96. The predicted octanol–water partition coefficient (Wildman–Crippen LogP) is 2.54. The molecule has 9 nitrogen and oxygen atoms in total. The first kappa shape index (κ1) is 25.5. The molecule has 11 heteroatoms. The van der Waals surface area contributed by atoms with Gasteiger partial charge in [0, 0.05) is 12.3 Å². The standard InChI is InChI=1S/C21H38N2O7Si2/c1-13(2)31(14(3)4)28-11-17-19(29-32(30-31,15(5)6)16(7)8)21(26,12-27-17)23-10-9-18(24)22-20(23)25/h9-10,13-17,19,26H,11-12H2,1-8H3,(H,22,24,25). The van der Waals surface area contributed by atoms with Crippen molar-refractivity contribution in [2.24, 2.45) is 0 Å². The number of aromatic nitrogens is 2. The monoisotopic (exact) mass is 486 g/mol. The molecule has 0 aliphatic carbocycles. The van der Waals surface area contributed by atoms with Gasteiger partial charge in [0.2, 0.25) is 0 Å². The van der Waals surface area contributed by atoms with Crippen molar-refractivity contribution in [3.63, 3.8) is 0 Å². The second-order valence-corrected chi connectivity index (χ2v) is 19.1. The summed E-state index contributed by atoms with van der Waals surface area (Å²) in [6.07, 6.45) is -0.170. The molecule has 1 aromatic rings. The van der Waals surface area contributed by atoms with Crippen LogP contribution in [0, 0.1) is 0 Å². The van der Waals surface area contributed by atoms with Crippen molar-refractivity contribution in [2.75, 3.05) is 13.2 Å². The summed E-state index contributed by atoms with van der Waals surface area (Å²) >= 11 is 0. The summed E-state index contributed by atoms with van der Waals surface area (Å²) in [7, 11) is -5.73. The molecule has 2 fully saturated rings. The molecule has 2 N–H and O–H groups in total. The Hall–Kier alpha value is -1.09. The van der Waals surface area contributed by atoms with Crippen LogP contribution in [0.1, 0.15) is 55.4 Å². The first-order valence-electron chi connectivity index (χ1n) is 11.5. The molecule has 0 spiro atoms. The van der Waals surface area contributed by atoms with Gasteiger partial charge in [-0.3, -0.25) is 14.3 Å². The van der Waals surface area contributed by atoms with Crippen LogP contribution in [0.2, 0.25) is 22.2 Å². The van der Waals surface area contributed by atoms with Crippen LogP contribution < -0.4 is 11.2 Å². The van der Waals surface area contributed by atoms with Gasteiger partial charge in [-0.05, 0) is 22.2 Å². The number of nitrogens with one attached hydrogen (secondary N) is 1. The average molecular weight is 487 g/mol. The maximum Gasteiger partial charge on any atom is 0.335 e. The fraction of sp³-hybridized carbons (Fsp3) is 0.810. The summed E-state index contributed by atoms with van der Waals surface area (Å²) in [5.41, 5.74) is -2.54. The number of aromatic amines is 1. The Morgan fingerprint density at radius 2 is 1.59 bits per heavy atom. The van der Waals surface area contributed by atoms with Gasteiger partial charge in [-0.1, -0.05) is 55.4 Å². The highest BCUT2D eigenvalue weighted by atomic mass is 28.5. The maximum atomic E-state index is 12.6. The number of hydrogen-bond acceptors (Lipinski definition) is 7. The van der Waals surface area contributed by atoms with Crippen molar-refractivity contribution in [3.8, 4) is 0 Å². The first-order valence-corrected chi connectivity index (χ1v) is 15.4. The van der Waals surface area contributed by atoms with Crippen LogP contribution in [0.15, 0.2) is 21.9 Å². The van der Waals surface area contributed by atoms with Crippen molar-refractivity contribution in [1.29, 1.82) is 0 Å². The van der Waals surface area contributed by atoms with E-state index in [1.807, 2.05) is 0 Å². The number of ether oxygens (including phenoxy) is 1. The molecule has 0 aromatic carbocycles. The highest BCUT2D eigenvalue weighted by molar-refractivity contribution is 6.83. The van der Waals surface area contributed by atoms with Crippen LogP contribution in [0.3, 0.4) is 0 Å². The lowest BCUT2D eigenvalue weighted by atomic mass is 10.1. The summed E-state index contributed by atoms with van der Waals surface area (Å²) in [4.78, 5) is 26.4. The van der Waals surface area contributed by atoms with Gasteiger partial charge in [0.25, 0.3) is 5.56 Å². The third kappa shape index (κ3) is 4.01. The topological polar surface area (TPSA) is 112 Å². The van der Waals surface area contributed by atoms with E-state index in [2.05, 4.69) is 60.4 Å². The van der Waals surface area contributed by atoms with Crippen LogP contribution >= 0.6 is 0 Å². The fourth-order valence-corrected chi connectivity index (χ4v) is 16.3. The molecule has 1 aromatic heterocycles. The molecule has 0 amide bonds. The van der Waals surface area contributed by atoms with Gasteiger partial charge in [-0.2, -0.15) is 0 Å². The van der Waals surface area contributed by atoms with E-state index in [9.17, 15) is 14.7 Å². The number of rotatable bonds is 5. The third-order valence-corrected chi connectivity index (χ3v) is 17.1. The summed E-state index contributed by atoms with van der Waals surface area (Å²) in [6.45, 7) is 16.9. The van der Waals surface area contributed by atoms with Gasteiger partial charge < -0.3 is 22.8 Å². The lowest BCUT2D eigenvalue weighted by molar-refractivity contribution is -0.118. The summed E-state index contributed by atoms with van der Waals surface area (Å²) in [5, 5.41) is 11.7. The van der Waals surface area contributed by atoms with Gasteiger partial charge in [0.15, 0.2) is 5.72 Å². The molecule has 3 unspecified atom stereocenters. The molecule has 0 saturated carbocycles. The molecule has 3 heterocycles. The Bertz CT molecular complexity index is 913. The summed E-state index contributed by atoms with van der Waals surface area (Å²) in [6, 6.07) is 1.20. The summed E-state index contributed by atoms with van der Waals surface area (Å²) < 4.78 is 27.7. The van der Waals surface area contributed by atoms with Crippen molar-refractivity contribution >= 4 is 17.1 Å². The van der Waals surface area contributed by atoms with E-state index in [0.717, 1.165) is 4.57 Å². The van der Waals surface area contributed by atoms with Crippen LogP contribution in [0.5, 0.6) is 0 Å². The zero-order valence-electron chi connectivity index (χ0n) is 20.4. The Morgan fingerprint density at radius 3 is 2.09 bits per heavy atom. The van der Waals surface area contributed by atoms with Gasteiger partial charge in [0.05, 0.1) is 13.2 Å². The second-order valence-electron chi connectivity index (χ2n) is 10.2. The number of hydrogen-bond donors (Lipinski definition) is 2. The Balaban J connectivity index is 2.16. The van der Waals surface area contributed by atoms with Gasteiger partial charge in [-0.15, -0.1) is 0 Å². The van der Waals surface area contributed by atoms with E-state index in [1.165, 1.54) is 12.3 Å². The lowest BCUT2D eigenvalue weighted by Gasteiger charge is -2.52. The van der Waals surface area contributed by atoms with E-state index < -0.39 is 46.3 Å². The zero-order valence-corrected chi connectivity index (χ0v) is 22.4. The van der Waals surface area contributed by atoms with Crippen LogP contribution in [0.25, 0.3) is 0 Å². The largest absolute Gasteiger partial charge is 0.414 e. The highest BCUT2D eigenvalue weighted by Crippen LogP contribution is 2.48. The minimum atomic E-state index is -3.01. The quantitative estimate of drug-likeness (QED) is 0.615. The summed E-state index contributed by atoms with van der Waals surface area (Å²) in [5.74, 6) is 0. The molecule has 3 rings (SSSR count). The molecular weight excluding hydrogens is 448 g/mol. The van der Waals surface area contributed by atoms with Crippen molar-refractivity contribution in [2.45, 2.75) is 95.5 Å². The zero-order chi connectivity index (χ0) is 24.1. The molecule has 0 radical (unpaired) electrons. The Kier molecular flexibility index (Phi) is 7.13. The highest BCUT2D eigenvalue weighted by Gasteiger charge is 2.63. The van der Waals surface area contributed by atoms with Crippen LogP contribution in [0.4, 0.5) is 0 Å². The van der Waals surface area contributed by atoms with E-state index in [0.29, 0.717) is 0 Å². The van der Waals surface area contributed by atoms with E-state index in [-0.39, 0.29) is 35.4 Å². The molecule has 32 heavy (non-hydrogen) atoms. The molecule has 3 atom stereocenters. The number of nitrogens with zero attached hydrogens (tertiary/aromatic N) is 1. The fourth-order valence-electron chi connectivity index (χ4n) is 5.06. The van der Waals surface area contributed by atoms with Crippen molar-refractivity contribution in [1.82, 2.24) is 9.55 Å². The van der Waals surface area contributed by atoms with E-state index in [4.69, 9.17) is 17.7 Å². The van der Waals surface area contributed by atoms with Gasteiger partial charge in [0.1, 0.15) is 12.2 Å². The van der Waals surface area contributed by atoms with Crippen molar-refractivity contribution in [3.05, 3.63) is 33.1 Å². The molecule has 2 aliphatic heterocycles. The van der Waals surface area contributed by atoms with Gasteiger partial charge in [-0.25, -0.2) is 4.79 Å². The lowest BCUT2D eigenvalue weighted by Crippen LogP contribution is -2.67. The van der Waals surface area contributed by atoms with Gasteiger partial charge >= 0.3 is 22.8 Å². The smallest absolute Gasteiger partial charge is 0.335 e. The minimum Gasteiger partial charge on any atom is -0.414 e. The number of fused-ring (bicyclic) bond motifs is 1. The molecule has 0 bridgehead atoms. The number of aliphatic hydroxyl groups is 1. The molecular formula is C21H38N2O7Si2. The minimum absolute atomic E-state index is 0.0615. The predicted molar refractivity (Wildman–Crippen MR) is 125 cm³/mol. The third-order valence-electron chi connectivity index (χ3n) is 6.87. The SMILES string of the molecule is CC(C)[Si]1(C(C)C)OCC2OCC(O)(n3ccc(=O)[nH]c3=O)C2O[Si](C(C)C)(C(C)C)O1. The normalized spacial score (nSPS) is 30.0. The molecule has 2 saturated heterocycles. The molecule has 182 valence electrons. The van der Waals surface area contributed by atoms with Crippen molar-refractivity contribution < 1.29 is 22.8 Å². The van der Waals surface area contributed by atoms with Crippen LogP contribution in [-0.2, 0) is 23.4 Å².